The molecule has 25 nitrogen and oxygen atoms in total. The summed E-state index contributed by atoms with van der Waals surface area (Å²) in [7, 11) is 0. The normalized spacial score (nSPS) is 22.2. The summed E-state index contributed by atoms with van der Waals surface area (Å²) in [4.78, 5) is 141. The average molecular weight is 1200 g/mol. The Balaban J connectivity index is 1.24. The number of rotatable bonds is 34. The van der Waals surface area contributed by atoms with Crippen LogP contribution in [-0.4, -0.2) is 145 Å². The van der Waals surface area contributed by atoms with E-state index in [9.17, 15) is 47.9 Å². The first kappa shape index (κ1) is 69.9. The minimum Gasteiger partial charge on any atom is -0.370 e. The van der Waals surface area contributed by atoms with Crippen LogP contribution in [0.5, 0.6) is 0 Å². The molecule has 0 radical (unpaired) electrons. The summed E-state index contributed by atoms with van der Waals surface area (Å²) in [5, 5.41) is 29.6. The number of primary amides is 1. The Labute approximate surface area is 507 Å². The number of nitrogens with one attached hydrogen (secondary N) is 10. The summed E-state index contributed by atoms with van der Waals surface area (Å²) in [6.45, 7) is 9.62. The number of unbranched alkanes of at least 4 members (excludes halogenated alkanes) is 1. The summed E-state index contributed by atoms with van der Waals surface area (Å²) in [5.74, 6) is -6.27. The lowest BCUT2D eigenvalue weighted by atomic mass is 9.84. The van der Waals surface area contributed by atoms with Crippen LogP contribution in [0.2, 0.25) is 0 Å². The highest BCUT2D eigenvalue weighted by Gasteiger charge is 2.41. The zero-order valence-corrected chi connectivity index (χ0v) is 51.4. The lowest BCUT2D eigenvalue weighted by Crippen LogP contribution is -2.58. The molecule has 11 atom stereocenters. The highest BCUT2D eigenvalue weighted by Crippen LogP contribution is 2.30. The number of hydrogen-bond acceptors (Lipinski definition) is 13. The molecule has 1 saturated heterocycles. The van der Waals surface area contributed by atoms with Crippen LogP contribution in [0.3, 0.4) is 0 Å². The van der Waals surface area contributed by atoms with Gasteiger partial charge in [-0.05, 0) is 108 Å². The summed E-state index contributed by atoms with van der Waals surface area (Å²) in [6, 6.07) is 3.26. The topological polar surface area (TPSA) is 407 Å². The molecule has 25 heteroatoms. The molecular formula is C61H101N15O10. The molecule has 6 unspecified atom stereocenters. The van der Waals surface area contributed by atoms with Gasteiger partial charge < -0.3 is 76.1 Å². The summed E-state index contributed by atoms with van der Waals surface area (Å²) < 4.78 is 0. The zero-order chi connectivity index (χ0) is 62.9. The molecule has 18 N–H and O–H groups in total. The Morgan fingerprint density at radius 3 is 1.83 bits per heavy atom. The highest BCUT2D eigenvalue weighted by molar-refractivity contribution is 5.94. The Kier molecular flexibility index (Phi) is 28.5. The van der Waals surface area contributed by atoms with Crippen molar-refractivity contribution in [1.82, 2.24) is 53.2 Å². The van der Waals surface area contributed by atoms with Crippen LogP contribution in [-0.2, 0) is 54.4 Å². The van der Waals surface area contributed by atoms with Crippen molar-refractivity contribution >= 4 is 65.0 Å². The summed E-state index contributed by atoms with van der Waals surface area (Å²) in [5.41, 5.74) is 21.9. The van der Waals surface area contributed by atoms with Gasteiger partial charge in [0.1, 0.15) is 23.7 Å². The molecule has 1 aliphatic heterocycles. The third-order valence-electron chi connectivity index (χ3n) is 17.1. The number of aliphatic imine (C=N–C) groups is 1. The monoisotopic (exact) mass is 1200 g/mol. The van der Waals surface area contributed by atoms with Gasteiger partial charge >= 0.3 is 0 Å². The molecule has 5 rings (SSSR count). The van der Waals surface area contributed by atoms with E-state index in [0.29, 0.717) is 90.3 Å². The minimum atomic E-state index is -1.49. The first-order valence-electron chi connectivity index (χ1n) is 31.4. The van der Waals surface area contributed by atoms with Gasteiger partial charge in [-0.15, -0.1) is 0 Å². The molecule has 0 spiro atoms. The van der Waals surface area contributed by atoms with Gasteiger partial charge in [-0.1, -0.05) is 89.1 Å². The quantitative estimate of drug-likeness (QED) is 0.0251. The second kappa shape index (κ2) is 35.1. The van der Waals surface area contributed by atoms with E-state index >= 15 is 0 Å². The van der Waals surface area contributed by atoms with Gasteiger partial charge in [0.05, 0.1) is 23.8 Å². The molecule has 3 saturated carbocycles. The highest BCUT2D eigenvalue weighted by atomic mass is 16.2. The summed E-state index contributed by atoms with van der Waals surface area (Å²) in [6.07, 6.45) is 11.2. The third kappa shape index (κ3) is 23.4. The molecule has 0 aromatic heterocycles. The standard InChI is InChI=1S/C61H101N15O10/c1-36(2)29-40(70-59(86)61(4,5)76-52(79)33-41(30-38-17-8-6-9-18-38)69-56(83)48(23-12-13-27-62)73-54(81)42-21-14-24-45(42)68-37(3)77)32-51(78)71-47(26-16-28-67-60(64)65)57(84)72-46-25-15-22-43(46)55(82)74-49(31-39-19-10-7-11-20-39)58(85)75-50-35-66-34-44(50)53(63)80/h7,10-11,19-20,36,38,40-50,66H,6,8-9,12-18,21-35,62H2,1-5H3,(H2,63,80)(H,68,77)(H,69,83)(H,70,86)(H,71,78)(H,72,84)(H,73,81)(H,74,82)(H,75,85)(H,76,79)(H4,64,65,67)/t40-,41-,42?,43?,44?,45?,46?,47-,48-,49-,50?/m0/s1. The number of hydrogen-bond donors (Lipinski definition) is 14. The van der Waals surface area contributed by atoms with Gasteiger partial charge in [-0.2, -0.15) is 0 Å². The fraction of sp³-hybridized carbons (Fsp3) is 0.721. The lowest BCUT2D eigenvalue weighted by molar-refractivity contribution is -0.134. The molecule has 4 aliphatic rings. The number of amides is 10. The maximum atomic E-state index is 14.3. The first-order chi connectivity index (χ1) is 40.9. The van der Waals surface area contributed by atoms with Gasteiger partial charge in [0.25, 0.3) is 0 Å². The zero-order valence-electron chi connectivity index (χ0n) is 51.4. The number of carbonyl (C=O) groups is 10. The van der Waals surface area contributed by atoms with Crippen molar-refractivity contribution in [3.63, 3.8) is 0 Å². The second-order valence-electron chi connectivity index (χ2n) is 25.3. The number of guanidine groups is 1. The van der Waals surface area contributed by atoms with Crippen molar-refractivity contribution < 1.29 is 47.9 Å². The van der Waals surface area contributed by atoms with E-state index in [2.05, 4.69) is 58.2 Å². The van der Waals surface area contributed by atoms with Crippen LogP contribution >= 0.6 is 0 Å². The molecule has 1 aromatic rings. The van der Waals surface area contributed by atoms with Crippen LogP contribution in [0, 0.1) is 29.6 Å². The smallest absolute Gasteiger partial charge is 0.245 e. The maximum absolute atomic E-state index is 14.3. The largest absolute Gasteiger partial charge is 0.370 e. The SMILES string of the molecule is CC(=O)NC1CCCC1C(=O)N[C@@H](CCCCN)C(=O)N[C@H](CC(=O)NC(C)(C)C(=O)N[C@H](CC(=O)N[C@@H](CCCN=C(N)N)C(=O)NC1CCCC1C(=O)N[C@@H](Cc1ccccc1)C(=O)NC1CNCC1C(N)=O)CC(C)C)CC1CCCCC1. The van der Waals surface area contributed by atoms with E-state index in [4.69, 9.17) is 22.9 Å². The fourth-order valence-electron chi connectivity index (χ4n) is 12.6. The molecule has 10 amide bonds. The maximum Gasteiger partial charge on any atom is 0.245 e. The predicted molar refractivity (Wildman–Crippen MR) is 326 cm³/mol. The third-order valence-corrected chi connectivity index (χ3v) is 17.1. The minimum absolute atomic E-state index is 0.00458. The molecule has 0 bridgehead atoms. The first-order valence-corrected chi connectivity index (χ1v) is 31.4. The van der Waals surface area contributed by atoms with E-state index < -0.39 is 113 Å². The molecule has 4 fully saturated rings. The molecular weight excluding hydrogens is 1100 g/mol. The van der Waals surface area contributed by atoms with E-state index in [-0.39, 0.29) is 67.9 Å². The van der Waals surface area contributed by atoms with Gasteiger partial charge in [0.2, 0.25) is 59.1 Å². The van der Waals surface area contributed by atoms with E-state index in [1.54, 1.807) is 13.8 Å². The molecule has 1 heterocycles. The Hall–Kier alpha value is -6.89. The molecule has 1 aromatic carbocycles. The number of nitrogens with two attached hydrogens (primary N) is 4. The summed E-state index contributed by atoms with van der Waals surface area (Å²) >= 11 is 0. The van der Waals surface area contributed by atoms with E-state index in [0.717, 1.165) is 44.1 Å². The lowest BCUT2D eigenvalue weighted by Gasteiger charge is -2.31. The van der Waals surface area contributed by atoms with Crippen molar-refractivity contribution in [3.05, 3.63) is 35.9 Å². The van der Waals surface area contributed by atoms with Gasteiger partial charge in [-0.3, -0.25) is 52.9 Å². The Bertz CT molecular complexity index is 2470. The van der Waals surface area contributed by atoms with Gasteiger partial charge in [0.15, 0.2) is 5.96 Å². The Morgan fingerprint density at radius 1 is 0.616 bits per heavy atom. The Morgan fingerprint density at radius 2 is 1.21 bits per heavy atom. The predicted octanol–water partition coefficient (Wildman–Crippen LogP) is 0.306. The van der Waals surface area contributed by atoms with Crippen molar-refractivity contribution in [2.45, 2.75) is 223 Å². The number of carbonyl (C=O) groups excluding carboxylic acids is 10. The van der Waals surface area contributed by atoms with Crippen LogP contribution in [0.1, 0.15) is 169 Å². The molecule has 480 valence electrons. The number of benzene rings is 1. The van der Waals surface area contributed by atoms with E-state index in [1.807, 2.05) is 44.2 Å². The van der Waals surface area contributed by atoms with Crippen molar-refractivity contribution in [2.75, 3.05) is 26.2 Å². The number of nitrogens with zero attached hydrogens (tertiary/aromatic N) is 1. The van der Waals surface area contributed by atoms with Crippen LogP contribution < -0.4 is 76.1 Å². The van der Waals surface area contributed by atoms with Crippen LogP contribution in [0.4, 0.5) is 0 Å². The van der Waals surface area contributed by atoms with E-state index in [1.165, 1.54) is 6.92 Å². The van der Waals surface area contributed by atoms with Gasteiger partial charge in [-0.25, -0.2) is 0 Å². The van der Waals surface area contributed by atoms with Gasteiger partial charge in [0, 0.05) is 70.0 Å². The second-order valence-corrected chi connectivity index (χ2v) is 25.3. The van der Waals surface area contributed by atoms with Crippen LogP contribution in [0.25, 0.3) is 0 Å². The van der Waals surface area contributed by atoms with Crippen LogP contribution in [0.15, 0.2) is 35.3 Å². The molecule has 86 heavy (non-hydrogen) atoms. The molecule has 3 aliphatic carbocycles. The van der Waals surface area contributed by atoms with Crippen molar-refractivity contribution in [3.8, 4) is 0 Å². The van der Waals surface area contributed by atoms with Crippen molar-refractivity contribution in [1.29, 1.82) is 0 Å². The fourth-order valence-corrected chi connectivity index (χ4v) is 12.6. The average Bonchev–Trinajstić information content (AvgIpc) is 3.69. The van der Waals surface area contributed by atoms with Crippen molar-refractivity contribution in [2.24, 2.45) is 57.5 Å².